The van der Waals surface area contributed by atoms with Crippen molar-refractivity contribution in [3.05, 3.63) is 9.81 Å². The zero-order chi connectivity index (χ0) is 13.0. The summed E-state index contributed by atoms with van der Waals surface area (Å²) >= 11 is 0. The Labute approximate surface area is 96.8 Å². The Morgan fingerprint density at radius 1 is 1.12 bits per heavy atom. The number of hydrogen-bond donors (Lipinski definition) is 0. The molecule has 0 rings (SSSR count). The molecule has 0 bridgehead atoms. The van der Waals surface area contributed by atoms with Crippen LogP contribution in [0.15, 0.2) is 10.5 Å². The van der Waals surface area contributed by atoms with E-state index in [1.165, 1.54) is 0 Å². The van der Waals surface area contributed by atoms with Crippen LogP contribution in [-0.4, -0.2) is 11.6 Å². The average Bonchev–Trinajstić information content (AvgIpc) is 2.11. The molecule has 5 nitrogen and oxygen atoms in total. The van der Waals surface area contributed by atoms with Crippen molar-refractivity contribution in [2.45, 2.75) is 59.6 Å². The van der Waals surface area contributed by atoms with Crippen LogP contribution in [0.4, 0.5) is 0 Å². The van der Waals surface area contributed by atoms with Crippen LogP contribution >= 0.6 is 0 Å². The summed E-state index contributed by atoms with van der Waals surface area (Å²) in [6, 6.07) is 0. The van der Waals surface area contributed by atoms with Gasteiger partial charge in [-0.3, -0.25) is 0 Å². The van der Waals surface area contributed by atoms with Crippen molar-refractivity contribution in [1.29, 1.82) is 0 Å². The molecular formula is C11H22N2O3. The molecule has 0 N–H and O–H groups in total. The number of hydrogen-bond acceptors (Lipinski definition) is 5. The molecule has 5 heteroatoms. The third-order valence-corrected chi connectivity index (χ3v) is 2.60. The molecule has 0 saturated heterocycles. The summed E-state index contributed by atoms with van der Waals surface area (Å²) in [4.78, 5) is 25.7. The van der Waals surface area contributed by atoms with Crippen LogP contribution < -0.4 is 0 Å². The van der Waals surface area contributed by atoms with Crippen LogP contribution in [0.1, 0.15) is 48.0 Å². The van der Waals surface area contributed by atoms with Crippen molar-refractivity contribution in [1.82, 2.24) is 0 Å². The normalized spacial score (nSPS) is 16.4. The summed E-state index contributed by atoms with van der Waals surface area (Å²) in [5, 5.41) is 5.59. The van der Waals surface area contributed by atoms with Gasteiger partial charge in [-0.1, -0.05) is 32.9 Å². The molecule has 0 fully saturated rings. The average molecular weight is 230 g/mol. The highest BCUT2D eigenvalue weighted by Gasteiger charge is 2.36. The summed E-state index contributed by atoms with van der Waals surface area (Å²) in [6.45, 7) is 11.4. The fraction of sp³-hybridized carbons (Fsp3) is 1.00. The van der Waals surface area contributed by atoms with E-state index in [0.29, 0.717) is 6.42 Å². The Hall–Kier alpha value is -1.00. The molecule has 0 amide bonds. The van der Waals surface area contributed by atoms with Gasteiger partial charge >= 0.3 is 0 Å². The molecule has 0 aliphatic heterocycles. The first kappa shape index (κ1) is 15.0. The first-order chi connectivity index (χ1) is 7.14. The summed E-state index contributed by atoms with van der Waals surface area (Å²) in [7, 11) is 0. The van der Waals surface area contributed by atoms with E-state index in [9.17, 15) is 9.81 Å². The molecule has 0 heterocycles. The van der Waals surface area contributed by atoms with E-state index in [4.69, 9.17) is 4.84 Å². The van der Waals surface area contributed by atoms with Crippen molar-refractivity contribution in [2.24, 2.45) is 21.8 Å². The molecule has 16 heavy (non-hydrogen) atoms. The molecule has 0 aromatic rings. The van der Waals surface area contributed by atoms with Crippen LogP contribution in [0.5, 0.6) is 0 Å². The van der Waals surface area contributed by atoms with Crippen molar-refractivity contribution in [2.75, 3.05) is 0 Å². The van der Waals surface area contributed by atoms with Crippen molar-refractivity contribution < 1.29 is 4.84 Å². The molecule has 2 atom stereocenters. The standard InChI is InChI=1S/C11H22N2O3/c1-8(7-11(5,6)12-14)9(16-13-15)10(2,3)4/h8-9H,7H2,1-6H3. The van der Waals surface area contributed by atoms with Gasteiger partial charge in [-0.2, -0.15) is 4.91 Å². The monoisotopic (exact) mass is 230 g/mol. The second-order valence-electron chi connectivity index (χ2n) is 6.05. The quantitative estimate of drug-likeness (QED) is 0.516. The molecule has 0 aliphatic carbocycles. The molecule has 2 unspecified atom stereocenters. The first-order valence-electron chi connectivity index (χ1n) is 5.47. The molecule has 0 aromatic carbocycles. The van der Waals surface area contributed by atoms with Gasteiger partial charge in [0, 0.05) is 5.41 Å². The molecule has 0 aliphatic rings. The lowest BCUT2D eigenvalue weighted by Gasteiger charge is -2.34. The van der Waals surface area contributed by atoms with Gasteiger partial charge in [0.1, 0.15) is 6.10 Å². The SMILES string of the molecule is CC(CC(C)(C)N=O)C(ON=O)C(C)(C)C. The molecule has 94 valence electrons. The van der Waals surface area contributed by atoms with Gasteiger partial charge in [0.15, 0.2) is 5.34 Å². The summed E-state index contributed by atoms with van der Waals surface area (Å²) < 4.78 is 0. The maximum atomic E-state index is 10.6. The summed E-state index contributed by atoms with van der Waals surface area (Å²) in [5.74, 6) is 0.0328. The zero-order valence-electron chi connectivity index (χ0n) is 11.0. The predicted octanol–water partition coefficient (Wildman–Crippen LogP) is 3.67. The Morgan fingerprint density at radius 2 is 1.62 bits per heavy atom. The zero-order valence-corrected chi connectivity index (χ0v) is 11.0. The smallest absolute Gasteiger partial charge is 0.155 e. The maximum Gasteiger partial charge on any atom is 0.155 e. The minimum atomic E-state index is -0.644. The highest BCUT2D eigenvalue weighted by Crippen LogP contribution is 2.33. The highest BCUT2D eigenvalue weighted by atomic mass is 16.7. The van der Waals surface area contributed by atoms with Gasteiger partial charge in [-0.15, -0.1) is 4.91 Å². The van der Waals surface area contributed by atoms with Crippen LogP contribution in [-0.2, 0) is 4.84 Å². The molecule has 0 spiro atoms. The van der Waals surface area contributed by atoms with E-state index in [0.717, 1.165) is 0 Å². The van der Waals surface area contributed by atoms with E-state index < -0.39 is 5.54 Å². The molecule has 0 aromatic heterocycles. The maximum absolute atomic E-state index is 10.6. The van der Waals surface area contributed by atoms with Gasteiger partial charge in [0.2, 0.25) is 0 Å². The lowest BCUT2D eigenvalue weighted by atomic mass is 9.77. The van der Waals surface area contributed by atoms with Gasteiger partial charge < -0.3 is 4.84 Å². The van der Waals surface area contributed by atoms with Crippen LogP contribution in [0.25, 0.3) is 0 Å². The largest absolute Gasteiger partial charge is 0.360 e. The Morgan fingerprint density at radius 3 is 1.94 bits per heavy atom. The Bertz CT molecular complexity index is 246. The summed E-state index contributed by atoms with van der Waals surface area (Å²) in [6.07, 6.45) is 0.250. The van der Waals surface area contributed by atoms with E-state index in [2.05, 4.69) is 10.5 Å². The van der Waals surface area contributed by atoms with E-state index >= 15 is 0 Å². The van der Waals surface area contributed by atoms with E-state index in [-0.39, 0.29) is 17.4 Å². The van der Waals surface area contributed by atoms with Gasteiger partial charge in [-0.05, 0) is 26.2 Å². The third-order valence-electron chi connectivity index (χ3n) is 2.60. The number of rotatable bonds is 6. The fourth-order valence-corrected chi connectivity index (χ4v) is 2.09. The topological polar surface area (TPSA) is 68.1 Å². The van der Waals surface area contributed by atoms with E-state index in [1.54, 1.807) is 13.8 Å². The lowest BCUT2D eigenvalue weighted by Crippen LogP contribution is -2.37. The number of nitrogens with zero attached hydrogens (tertiary/aromatic N) is 2. The first-order valence-corrected chi connectivity index (χ1v) is 5.47. The highest BCUT2D eigenvalue weighted by molar-refractivity contribution is 4.86. The van der Waals surface area contributed by atoms with Crippen LogP contribution in [0.2, 0.25) is 0 Å². The van der Waals surface area contributed by atoms with Crippen LogP contribution in [0, 0.1) is 21.1 Å². The van der Waals surface area contributed by atoms with Gasteiger partial charge in [0.25, 0.3) is 0 Å². The Balaban J connectivity index is 4.69. The van der Waals surface area contributed by atoms with E-state index in [1.807, 2.05) is 27.7 Å². The minimum Gasteiger partial charge on any atom is -0.360 e. The molecule has 0 saturated carbocycles. The number of nitroso groups, excluding NO2 is 1. The minimum absolute atomic E-state index is 0.0328. The van der Waals surface area contributed by atoms with Crippen molar-refractivity contribution in [3.8, 4) is 0 Å². The third kappa shape index (κ3) is 4.68. The van der Waals surface area contributed by atoms with Gasteiger partial charge in [0.05, 0.1) is 5.54 Å². The molecule has 0 radical (unpaired) electrons. The second-order valence-corrected chi connectivity index (χ2v) is 6.05. The lowest BCUT2D eigenvalue weighted by molar-refractivity contribution is -0.0566. The van der Waals surface area contributed by atoms with Crippen LogP contribution in [0.3, 0.4) is 0 Å². The summed E-state index contributed by atoms with van der Waals surface area (Å²) in [5.41, 5.74) is -0.846. The Kier molecular flexibility index (Phi) is 5.03. The van der Waals surface area contributed by atoms with Gasteiger partial charge in [-0.25, -0.2) is 0 Å². The molecular weight excluding hydrogens is 208 g/mol. The van der Waals surface area contributed by atoms with Crippen molar-refractivity contribution >= 4 is 0 Å². The fourth-order valence-electron chi connectivity index (χ4n) is 2.09. The second kappa shape index (κ2) is 5.37. The van der Waals surface area contributed by atoms with Crippen molar-refractivity contribution in [3.63, 3.8) is 0 Å². The predicted molar refractivity (Wildman–Crippen MR) is 63.8 cm³/mol.